The summed E-state index contributed by atoms with van der Waals surface area (Å²) in [6, 6.07) is 12.0. The van der Waals surface area contributed by atoms with Gasteiger partial charge in [-0.25, -0.2) is 13.9 Å². The third-order valence-electron chi connectivity index (χ3n) is 6.14. The second kappa shape index (κ2) is 8.60. The van der Waals surface area contributed by atoms with Crippen LogP contribution in [-0.4, -0.2) is 40.4 Å². The second-order valence-electron chi connectivity index (χ2n) is 8.44. The van der Waals surface area contributed by atoms with Crippen molar-refractivity contribution in [1.29, 1.82) is 0 Å². The van der Waals surface area contributed by atoms with Gasteiger partial charge in [0.05, 0.1) is 17.8 Å². The summed E-state index contributed by atoms with van der Waals surface area (Å²) in [5.74, 6) is 1.12. The summed E-state index contributed by atoms with van der Waals surface area (Å²) in [6.45, 7) is 2.16. The fraction of sp³-hybridized carbons (Fsp3) is 0.292. The zero-order valence-electron chi connectivity index (χ0n) is 18.2. The van der Waals surface area contributed by atoms with E-state index < -0.39 is 0 Å². The first-order valence-electron chi connectivity index (χ1n) is 11.2. The Balaban J connectivity index is 1.10. The van der Waals surface area contributed by atoms with Crippen molar-refractivity contribution in [2.45, 2.75) is 19.4 Å². The first kappa shape index (κ1) is 20.9. The van der Waals surface area contributed by atoms with E-state index in [1.165, 1.54) is 23.5 Å². The number of halogens is 1. The quantitative estimate of drug-likeness (QED) is 0.468. The Bertz CT molecular complexity index is 1320. The number of piperidine rings is 1. The van der Waals surface area contributed by atoms with Crippen molar-refractivity contribution in [3.63, 3.8) is 0 Å². The van der Waals surface area contributed by atoms with E-state index in [1.54, 1.807) is 16.6 Å². The van der Waals surface area contributed by atoms with Crippen LogP contribution in [0.5, 0.6) is 11.5 Å². The van der Waals surface area contributed by atoms with E-state index >= 15 is 0 Å². The molecule has 0 spiro atoms. The van der Waals surface area contributed by atoms with Crippen LogP contribution in [0.1, 0.15) is 18.4 Å². The predicted octanol–water partition coefficient (Wildman–Crippen LogP) is 3.86. The number of hydrogen-bond acceptors (Lipinski definition) is 7. The van der Waals surface area contributed by atoms with E-state index in [2.05, 4.69) is 20.3 Å². The lowest BCUT2D eigenvalue weighted by Crippen LogP contribution is -2.43. The van der Waals surface area contributed by atoms with E-state index in [4.69, 9.17) is 9.47 Å². The Morgan fingerprint density at radius 2 is 2.03 bits per heavy atom. The van der Waals surface area contributed by atoms with Crippen LogP contribution in [0.25, 0.3) is 16.2 Å². The molecule has 1 atom stereocenters. The van der Waals surface area contributed by atoms with E-state index in [-0.39, 0.29) is 24.4 Å². The van der Waals surface area contributed by atoms with Crippen molar-refractivity contribution in [2.75, 3.05) is 24.8 Å². The number of anilines is 1. The zero-order valence-corrected chi connectivity index (χ0v) is 19.1. The lowest BCUT2D eigenvalue weighted by molar-refractivity contribution is -0.125. The number of ether oxygens (including phenoxy) is 2. The molecular weight excluding hydrogens is 457 g/mol. The molecule has 2 aliphatic heterocycles. The number of carbonyl (C=O) groups excluding carboxylic acids is 1. The summed E-state index contributed by atoms with van der Waals surface area (Å²) < 4.78 is 25.7. The molecule has 6 rings (SSSR count). The lowest BCUT2D eigenvalue weighted by atomic mass is 9.97. The third-order valence-corrected chi connectivity index (χ3v) is 7.12. The van der Waals surface area contributed by atoms with Crippen LogP contribution in [0.3, 0.4) is 0 Å². The van der Waals surface area contributed by atoms with Crippen LogP contribution in [-0.2, 0) is 11.3 Å². The van der Waals surface area contributed by atoms with Gasteiger partial charge in [0.2, 0.25) is 22.8 Å². The van der Waals surface area contributed by atoms with Crippen LogP contribution < -0.4 is 19.7 Å². The summed E-state index contributed by atoms with van der Waals surface area (Å²) in [7, 11) is 0. The number of amides is 1. The molecule has 0 radical (unpaired) electrons. The summed E-state index contributed by atoms with van der Waals surface area (Å²) in [4.78, 5) is 20.4. The Morgan fingerprint density at radius 3 is 2.88 bits per heavy atom. The molecule has 4 aromatic rings. The molecule has 0 bridgehead atoms. The topological polar surface area (TPSA) is 81.0 Å². The fourth-order valence-corrected chi connectivity index (χ4v) is 5.24. The minimum Gasteiger partial charge on any atom is -0.454 e. The van der Waals surface area contributed by atoms with Crippen LogP contribution in [0.2, 0.25) is 0 Å². The molecule has 4 heterocycles. The zero-order chi connectivity index (χ0) is 23.1. The number of nitrogens with zero attached hydrogens (tertiary/aromatic N) is 4. The molecule has 1 amide bonds. The average molecular weight is 480 g/mol. The average Bonchev–Trinajstić information content (AvgIpc) is 3.58. The van der Waals surface area contributed by atoms with Crippen molar-refractivity contribution < 1.29 is 18.7 Å². The first-order valence-corrected chi connectivity index (χ1v) is 12.0. The number of imidazole rings is 1. The molecule has 10 heteroatoms. The maximum absolute atomic E-state index is 13.2. The molecule has 1 fully saturated rings. The van der Waals surface area contributed by atoms with E-state index in [1.807, 2.05) is 24.4 Å². The van der Waals surface area contributed by atoms with Gasteiger partial charge in [-0.3, -0.25) is 4.79 Å². The van der Waals surface area contributed by atoms with Gasteiger partial charge >= 0.3 is 0 Å². The van der Waals surface area contributed by atoms with Gasteiger partial charge in [-0.15, -0.1) is 5.10 Å². The lowest BCUT2D eigenvalue weighted by Gasteiger charge is -2.31. The van der Waals surface area contributed by atoms with Gasteiger partial charge in [-0.2, -0.15) is 0 Å². The summed E-state index contributed by atoms with van der Waals surface area (Å²) in [5.41, 5.74) is 2.57. The molecular formula is C24H22FN5O3S. The Morgan fingerprint density at radius 1 is 1.18 bits per heavy atom. The molecule has 1 saturated heterocycles. The Labute approximate surface area is 198 Å². The maximum Gasteiger partial charge on any atom is 0.231 e. The van der Waals surface area contributed by atoms with E-state index in [0.29, 0.717) is 18.8 Å². The van der Waals surface area contributed by atoms with Crippen molar-refractivity contribution >= 4 is 27.3 Å². The van der Waals surface area contributed by atoms with Crippen molar-refractivity contribution in [1.82, 2.24) is 19.9 Å². The van der Waals surface area contributed by atoms with Crippen molar-refractivity contribution in [3.05, 3.63) is 60.0 Å². The van der Waals surface area contributed by atoms with Gasteiger partial charge in [0.1, 0.15) is 5.82 Å². The number of carbonyl (C=O) groups is 1. The van der Waals surface area contributed by atoms with Crippen LogP contribution in [0, 0.1) is 11.7 Å². The monoisotopic (exact) mass is 479 g/mol. The van der Waals surface area contributed by atoms with Crippen LogP contribution >= 0.6 is 11.3 Å². The summed E-state index contributed by atoms with van der Waals surface area (Å²) >= 11 is 1.49. The molecule has 174 valence electrons. The Kier molecular flexibility index (Phi) is 5.29. The molecule has 1 N–H and O–H groups in total. The SMILES string of the molecule is O=C(NCc1ccc2c(c1)OCO2)C1CCCN(c2nn3cc(-c4ccc(F)cc4)nc3s2)C1. The molecule has 0 aliphatic carbocycles. The third kappa shape index (κ3) is 4.05. The smallest absolute Gasteiger partial charge is 0.231 e. The highest BCUT2D eigenvalue weighted by Gasteiger charge is 2.28. The second-order valence-corrected chi connectivity index (χ2v) is 9.37. The maximum atomic E-state index is 13.2. The van der Waals surface area contributed by atoms with Crippen molar-refractivity contribution in [2.24, 2.45) is 5.92 Å². The van der Waals surface area contributed by atoms with E-state index in [0.717, 1.165) is 52.0 Å². The van der Waals surface area contributed by atoms with Gasteiger partial charge in [0.15, 0.2) is 11.5 Å². The van der Waals surface area contributed by atoms with Gasteiger partial charge < -0.3 is 19.7 Å². The van der Waals surface area contributed by atoms with Gasteiger partial charge in [-0.05, 0) is 54.8 Å². The molecule has 2 aromatic heterocycles. The van der Waals surface area contributed by atoms with E-state index in [9.17, 15) is 9.18 Å². The summed E-state index contributed by atoms with van der Waals surface area (Å²) in [6.07, 6.45) is 3.62. The highest BCUT2D eigenvalue weighted by Crippen LogP contribution is 2.33. The number of rotatable bonds is 5. The molecule has 0 saturated carbocycles. The predicted molar refractivity (Wildman–Crippen MR) is 126 cm³/mol. The minimum absolute atomic E-state index is 0.0438. The highest BCUT2D eigenvalue weighted by atomic mass is 32.1. The number of aromatic nitrogens is 3. The number of hydrogen-bond donors (Lipinski definition) is 1. The molecule has 1 unspecified atom stereocenters. The van der Waals surface area contributed by atoms with Crippen molar-refractivity contribution in [3.8, 4) is 22.8 Å². The minimum atomic E-state index is -0.273. The molecule has 8 nitrogen and oxygen atoms in total. The van der Waals surface area contributed by atoms with Crippen LogP contribution in [0.4, 0.5) is 9.52 Å². The number of nitrogens with one attached hydrogen (secondary N) is 1. The van der Waals surface area contributed by atoms with Gasteiger partial charge in [-0.1, -0.05) is 17.4 Å². The summed E-state index contributed by atoms with van der Waals surface area (Å²) in [5, 5.41) is 8.60. The Hall–Kier alpha value is -3.66. The molecule has 2 aromatic carbocycles. The standard InChI is InChI=1S/C24H22FN5O3S/c25-18-6-4-16(5-7-18)19-13-30-23(27-19)34-24(28-30)29-9-1-2-17(12-29)22(31)26-11-15-3-8-20-21(10-15)33-14-32-20/h3-8,10,13,17H,1-2,9,11-12,14H2,(H,26,31). The highest BCUT2D eigenvalue weighted by molar-refractivity contribution is 7.20. The normalized spacial score (nSPS) is 17.3. The fourth-order valence-electron chi connectivity index (χ4n) is 4.33. The van der Waals surface area contributed by atoms with Gasteiger partial charge in [0.25, 0.3) is 0 Å². The first-order chi connectivity index (χ1) is 16.6. The molecule has 2 aliphatic rings. The van der Waals surface area contributed by atoms with Crippen LogP contribution in [0.15, 0.2) is 48.7 Å². The number of fused-ring (bicyclic) bond motifs is 2. The van der Waals surface area contributed by atoms with Gasteiger partial charge in [0, 0.05) is 25.2 Å². The number of benzene rings is 2. The largest absolute Gasteiger partial charge is 0.454 e. The molecule has 34 heavy (non-hydrogen) atoms.